The standard InChI is InChI=1S/C21H30N4OS/c1-3-4-10-18-22-20(25-13-11-24(12-14-25)15(2)26)19-16-8-6-5-7-9-17(16)27-21(19)23-18/h3-14H2,1-2H3. The lowest BCUT2D eigenvalue weighted by Gasteiger charge is -2.35. The Bertz CT molecular complexity index is 823. The van der Waals surface area contributed by atoms with Gasteiger partial charge in [-0.15, -0.1) is 11.3 Å². The monoisotopic (exact) mass is 386 g/mol. The van der Waals surface area contributed by atoms with Crippen LogP contribution < -0.4 is 4.90 Å². The number of anilines is 1. The van der Waals surface area contributed by atoms with Crippen LogP contribution in [0.3, 0.4) is 0 Å². The average Bonchev–Trinajstić information content (AvgIpc) is 2.86. The highest BCUT2D eigenvalue weighted by Gasteiger charge is 2.26. The van der Waals surface area contributed by atoms with Gasteiger partial charge in [0.2, 0.25) is 5.91 Å². The summed E-state index contributed by atoms with van der Waals surface area (Å²) in [6.45, 7) is 7.19. The van der Waals surface area contributed by atoms with E-state index < -0.39 is 0 Å². The zero-order chi connectivity index (χ0) is 18.8. The van der Waals surface area contributed by atoms with Crippen LogP contribution in [0, 0.1) is 0 Å². The van der Waals surface area contributed by atoms with Crippen LogP contribution >= 0.6 is 11.3 Å². The Morgan fingerprint density at radius 1 is 1.07 bits per heavy atom. The number of unbranched alkanes of at least 4 members (excludes halogenated alkanes) is 1. The fourth-order valence-corrected chi connectivity index (χ4v) is 5.54. The molecule has 3 heterocycles. The molecule has 0 bridgehead atoms. The number of aromatic nitrogens is 2. The molecule has 0 unspecified atom stereocenters. The molecule has 146 valence electrons. The van der Waals surface area contributed by atoms with Gasteiger partial charge in [-0.3, -0.25) is 4.79 Å². The topological polar surface area (TPSA) is 49.3 Å². The van der Waals surface area contributed by atoms with Gasteiger partial charge in [0.1, 0.15) is 16.5 Å². The SMILES string of the molecule is CCCCc1nc(N2CCN(C(C)=O)CC2)c2c3c(sc2n1)CCCCC3. The van der Waals surface area contributed by atoms with Gasteiger partial charge < -0.3 is 9.80 Å². The molecule has 27 heavy (non-hydrogen) atoms. The summed E-state index contributed by atoms with van der Waals surface area (Å²) in [5, 5.41) is 1.31. The first-order valence-electron chi connectivity index (χ1n) is 10.5. The number of thiophene rings is 1. The number of rotatable bonds is 4. The summed E-state index contributed by atoms with van der Waals surface area (Å²) in [6, 6.07) is 0. The normalized spacial score (nSPS) is 17.9. The van der Waals surface area contributed by atoms with E-state index in [1.807, 2.05) is 16.2 Å². The van der Waals surface area contributed by atoms with E-state index in [1.165, 1.54) is 46.3 Å². The highest BCUT2D eigenvalue weighted by atomic mass is 32.1. The number of carbonyl (C=O) groups is 1. The molecule has 0 N–H and O–H groups in total. The van der Waals surface area contributed by atoms with Gasteiger partial charge in [-0.1, -0.05) is 19.8 Å². The first kappa shape index (κ1) is 18.7. The molecule has 0 radical (unpaired) electrons. The summed E-state index contributed by atoms with van der Waals surface area (Å²) in [5.74, 6) is 2.30. The maximum absolute atomic E-state index is 11.7. The molecule has 0 saturated carbocycles. The van der Waals surface area contributed by atoms with Crippen LogP contribution in [0.25, 0.3) is 10.2 Å². The summed E-state index contributed by atoms with van der Waals surface area (Å²) in [5.41, 5.74) is 1.51. The average molecular weight is 387 g/mol. The molecule has 1 aliphatic carbocycles. The van der Waals surface area contributed by atoms with E-state index in [0.717, 1.165) is 63.5 Å². The van der Waals surface area contributed by atoms with Crippen molar-refractivity contribution in [1.82, 2.24) is 14.9 Å². The Kier molecular flexibility index (Phi) is 5.62. The molecule has 4 rings (SSSR count). The molecule has 2 aromatic rings. The van der Waals surface area contributed by atoms with Gasteiger partial charge in [-0.2, -0.15) is 0 Å². The third-order valence-corrected chi connectivity index (χ3v) is 7.06. The predicted molar refractivity (Wildman–Crippen MR) is 112 cm³/mol. The van der Waals surface area contributed by atoms with Crippen molar-refractivity contribution in [3.05, 3.63) is 16.3 Å². The minimum Gasteiger partial charge on any atom is -0.352 e. The second-order valence-electron chi connectivity index (χ2n) is 7.80. The van der Waals surface area contributed by atoms with Crippen LogP contribution in [-0.4, -0.2) is 47.0 Å². The number of carbonyl (C=O) groups excluding carboxylic acids is 1. The van der Waals surface area contributed by atoms with Crippen molar-refractivity contribution in [3.63, 3.8) is 0 Å². The van der Waals surface area contributed by atoms with Crippen molar-refractivity contribution in [2.75, 3.05) is 31.1 Å². The number of hydrogen-bond donors (Lipinski definition) is 0. The number of aryl methyl sites for hydroxylation is 3. The molecule has 1 amide bonds. The van der Waals surface area contributed by atoms with Crippen LogP contribution in [0.4, 0.5) is 5.82 Å². The zero-order valence-electron chi connectivity index (χ0n) is 16.6. The minimum atomic E-state index is 0.176. The smallest absolute Gasteiger partial charge is 0.219 e. The summed E-state index contributed by atoms with van der Waals surface area (Å²) >= 11 is 1.90. The Morgan fingerprint density at radius 3 is 2.59 bits per heavy atom. The molecule has 1 aliphatic heterocycles. The molecule has 1 fully saturated rings. The number of nitrogens with zero attached hydrogens (tertiary/aromatic N) is 4. The Hall–Kier alpha value is -1.69. The van der Waals surface area contributed by atoms with Gasteiger partial charge in [0, 0.05) is 44.4 Å². The lowest BCUT2D eigenvalue weighted by molar-refractivity contribution is -0.129. The quantitative estimate of drug-likeness (QED) is 0.746. The third kappa shape index (κ3) is 3.82. The molecule has 0 atom stereocenters. The van der Waals surface area contributed by atoms with Crippen LogP contribution in [0.15, 0.2) is 0 Å². The molecular weight excluding hydrogens is 356 g/mol. The second-order valence-corrected chi connectivity index (χ2v) is 8.89. The predicted octanol–water partition coefficient (Wildman–Crippen LogP) is 3.97. The first-order valence-corrected chi connectivity index (χ1v) is 11.3. The van der Waals surface area contributed by atoms with Crippen molar-refractivity contribution < 1.29 is 4.79 Å². The van der Waals surface area contributed by atoms with E-state index >= 15 is 0 Å². The van der Waals surface area contributed by atoms with E-state index in [1.54, 1.807) is 6.92 Å². The first-order chi connectivity index (χ1) is 13.2. The van der Waals surface area contributed by atoms with E-state index in [-0.39, 0.29) is 5.91 Å². The molecule has 2 aromatic heterocycles. The molecule has 0 aromatic carbocycles. The van der Waals surface area contributed by atoms with E-state index in [4.69, 9.17) is 9.97 Å². The van der Waals surface area contributed by atoms with Crippen molar-refractivity contribution in [2.24, 2.45) is 0 Å². The number of fused-ring (bicyclic) bond motifs is 3. The van der Waals surface area contributed by atoms with Crippen LogP contribution in [0.1, 0.15) is 62.2 Å². The molecule has 2 aliphatic rings. The van der Waals surface area contributed by atoms with Crippen molar-refractivity contribution in [2.45, 2.75) is 65.2 Å². The zero-order valence-corrected chi connectivity index (χ0v) is 17.4. The van der Waals surface area contributed by atoms with Crippen LogP contribution in [-0.2, 0) is 24.1 Å². The highest BCUT2D eigenvalue weighted by Crippen LogP contribution is 2.39. The fourth-order valence-electron chi connectivity index (χ4n) is 4.27. The summed E-state index contributed by atoms with van der Waals surface area (Å²) in [6.07, 6.45) is 9.49. The van der Waals surface area contributed by atoms with Crippen molar-refractivity contribution >= 4 is 33.3 Å². The minimum absolute atomic E-state index is 0.176. The molecule has 6 heteroatoms. The molecule has 5 nitrogen and oxygen atoms in total. The van der Waals surface area contributed by atoms with Gasteiger partial charge in [0.15, 0.2) is 0 Å². The van der Waals surface area contributed by atoms with Gasteiger partial charge in [-0.25, -0.2) is 9.97 Å². The van der Waals surface area contributed by atoms with Gasteiger partial charge >= 0.3 is 0 Å². The summed E-state index contributed by atoms with van der Waals surface area (Å²) in [7, 11) is 0. The molecule has 0 spiro atoms. The summed E-state index contributed by atoms with van der Waals surface area (Å²) < 4.78 is 0. The van der Waals surface area contributed by atoms with Crippen LogP contribution in [0.2, 0.25) is 0 Å². The molecular formula is C21H30N4OS. The number of piperazine rings is 1. The van der Waals surface area contributed by atoms with Gasteiger partial charge in [0.05, 0.1) is 5.39 Å². The third-order valence-electron chi connectivity index (χ3n) is 5.87. The Balaban J connectivity index is 1.74. The molecule has 1 saturated heterocycles. The lowest BCUT2D eigenvalue weighted by Crippen LogP contribution is -2.48. The summed E-state index contributed by atoms with van der Waals surface area (Å²) in [4.78, 5) is 28.8. The Morgan fingerprint density at radius 2 is 1.85 bits per heavy atom. The van der Waals surface area contributed by atoms with Crippen molar-refractivity contribution in [1.29, 1.82) is 0 Å². The lowest BCUT2D eigenvalue weighted by atomic mass is 10.1. The largest absolute Gasteiger partial charge is 0.352 e. The van der Waals surface area contributed by atoms with E-state index in [0.29, 0.717) is 0 Å². The van der Waals surface area contributed by atoms with E-state index in [2.05, 4.69) is 11.8 Å². The van der Waals surface area contributed by atoms with Crippen molar-refractivity contribution in [3.8, 4) is 0 Å². The number of hydrogen-bond acceptors (Lipinski definition) is 5. The maximum Gasteiger partial charge on any atom is 0.219 e. The Labute approximate surface area is 165 Å². The number of amides is 1. The van der Waals surface area contributed by atoms with Gasteiger partial charge in [-0.05, 0) is 37.7 Å². The van der Waals surface area contributed by atoms with E-state index in [9.17, 15) is 4.79 Å². The maximum atomic E-state index is 11.7. The second kappa shape index (κ2) is 8.13. The van der Waals surface area contributed by atoms with Crippen LogP contribution in [0.5, 0.6) is 0 Å². The van der Waals surface area contributed by atoms with Gasteiger partial charge in [0.25, 0.3) is 0 Å². The highest BCUT2D eigenvalue weighted by molar-refractivity contribution is 7.19. The fraction of sp³-hybridized carbons (Fsp3) is 0.667.